The zero-order chi connectivity index (χ0) is 25.7. The third kappa shape index (κ3) is 6.91. The highest BCUT2D eigenvalue weighted by Crippen LogP contribution is 2.36. The molecule has 200 valence electrons. The molecule has 0 bridgehead atoms. The minimum atomic E-state index is -0.465. The van der Waals surface area contributed by atoms with Gasteiger partial charge < -0.3 is 24.4 Å². The predicted octanol–water partition coefficient (Wildman–Crippen LogP) is 2.65. The van der Waals surface area contributed by atoms with E-state index in [1.165, 1.54) is 0 Å². The van der Waals surface area contributed by atoms with Gasteiger partial charge in [0, 0.05) is 56.1 Å². The van der Waals surface area contributed by atoms with E-state index >= 15 is 0 Å². The van der Waals surface area contributed by atoms with Gasteiger partial charge in [0.05, 0.1) is 32.5 Å². The first-order valence-electron chi connectivity index (χ1n) is 13.2. The highest BCUT2D eigenvalue weighted by atomic mass is 35.5. The lowest BCUT2D eigenvalue weighted by Crippen LogP contribution is -2.54. The summed E-state index contributed by atoms with van der Waals surface area (Å²) in [6, 6.07) is 3.86. The number of carbonyl (C=O) groups excluding carboxylic acids is 2. The molecule has 0 aliphatic carbocycles. The van der Waals surface area contributed by atoms with E-state index < -0.39 is 5.41 Å². The summed E-state index contributed by atoms with van der Waals surface area (Å²) in [5, 5.41) is 10.6. The summed E-state index contributed by atoms with van der Waals surface area (Å²) in [5.41, 5.74) is 1.44. The largest absolute Gasteiger partial charge is 0.493 e. The lowest BCUT2D eigenvalue weighted by molar-refractivity contribution is -0.143. The molecule has 0 spiro atoms. The van der Waals surface area contributed by atoms with E-state index in [1.807, 2.05) is 35.8 Å². The number of carbonyl (C=O) groups is 2. The normalized spacial score (nSPS) is 24.1. The quantitative estimate of drug-likeness (QED) is 0.594. The summed E-state index contributed by atoms with van der Waals surface area (Å²) < 4.78 is 11.7. The Balaban J connectivity index is 1.48. The van der Waals surface area contributed by atoms with Crippen LogP contribution in [0.2, 0.25) is 5.02 Å². The third-order valence-electron chi connectivity index (χ3n) is 7.78. The fourth-order valence-corrected chi connectivity index (χ4v) is 5.67. The molecular formula is C27H40ClN3O5. The summed E-state index contributed by atoms with van der Waals surface area (Å²) in [6.45, 7) is 9.86. The van der Waals surface area contributed by atoms with Crippen molar-refractivity contribution < 1.29 is 24.2 Å². The lowest BCUT2D eigenvalue weighted by Gasteiger charge is -2.44. The van der Waals surface area contributed by atoms with Crippen LogP contribution in [0.15, 0.2) is 12.1 Å². The number of piperidine rings is 2. The second kappa shape index (κ2) is 12.1. The van der Waals surface area contributed by atoms with Crippen LogP contribution in [0.3, 0.4) is 0 Å². The molecule has 1 aromatic rings. The molecule has 0 aromatic heterocycles. The Morgan fingerprint density at radius 3 is 2.39 bits per heavy atom. The molecule has 3 aliphatic heterocycles. The molecule has 0 unspecified atom stereocenters. The fourth-order valence-electron chi connectivity index (χ4n) is 5.56. The van der Waals surface area contributed by atoms with E-state index in [0.717, 1.165) is 47.8 Å². The molecule has 36 heavy (non-hydrogen) atoms. The summed E-state index contributed by atoms with van der Waals surface area (Å²) >= 11 is 6.35. The fraction of sp³-hybridized carbons (Fsp3) is 0.704. The molecule has 8 nitrogen and oxygen atoms in total. The van der Waals surface area contributed by atoms with Crippen LogP contribution in [0.25, 0.3) is 0 Å². The Bertz CT molecular complexity index is 907. The van der Waals surface area contributed by atoms with Crippen LogP contribution in [0, 0.1) is 19.3 Å². The van der Waals surface area contributed by atoms with Crippen molar-refractivity contribution in [3.63, 3.8) is 0 Å². The standard InChI is InChI=1S/C27H40ClN3O5/c1-20-14-23(15-21(2)26(20)28)36-19-27(16-24(33)30-8-4-22(32)5-9-30)6-3-7-31(18-27)25(34)17-29-10-12-35-13-11-29/h14-15,22,32H,3-13,16-19H2,1-2H3/t27-/m0/s1. The number of aryl methyl sites for hydroxylation is 2. The zero-order valence-electron chi connectivity index (χ0n) is 21.6. The molecule has 9 heteroatoms. The second-order valence-electron chi connectivity index (χ2n) is 10.8. The number of hydrogen-bond acceptors (Lipinski definition) is 6. The van der Waals surface area contributed by atoms with E-state index in [1.54, 1.807) is 0 Å². The molecule has 1 N–H and O–H groups in total. The van der Waals surface area contributed by atoms with E-state index in [0.29, 0.717) is 71.8 Å². The van der Waals surface area contributed by atoms with Crippen LogP contribution in [-0.2, 0) is 14.3 Å². The lowest BCUT2D eigenvalue weighted by atomic mass is 9.77. The van der Waals surface area contributed by atoms with Gasteiger partial charge in [-0.2, -0.15) is 0 Å². The van der Waals surface area contributed by atoms with Crippen molar-refractivity contribution in [1.82, 2.24) is 14.7 Å². The minimum absolute atomic E-state index is 0.0800. The van der Waals surface area contributed by atoms with E-state index in [2.05, 4.69) is 4.90 Å². The van der Waals surface area contributed by atoms with Crippen molar-refractivity contribution in [3.05, 3.63) is 28.3 Å². The summed E-state index contributed by atoms with van der Waals surface area (Å²) in [5.74, 6) is 0.920. The topological polar surface area (TPSA) is 82.5 Å². The van der Waals surface area contributed by atoms with Crippen LogP contribution >= 0.6 is 11.6 Å². The number of likely N-dealkylation sites (tertiary alicyclic amines) is 2. The summed E-state index contributed by atoms with van der Waals surface area (Å²) in [7, 11) is 0. The maximum atomic E-state index is 13.4. The van der Waals surface area contributed by atoms with Gasteiger partial charge in [0.15, 0.2) is 0 Å². The van der Waals surface area contributed by atoms with Crippen molar-refractivity contribution in [2.24, 2.45) is 5.41 Å². The Morgan fingerprint density at radius 1 is 1.06 bits per heavy atom. The first-order valence-corrected chi connectivity index (χ1v) is 13.6. The van der Waals surface area contributed by atoms with Gasteiger partial charge in [0.1, 0.15) is 5.75 Å². The van der Waals surface area contributed by atoms with Gasteiger partial charge in [0.25, 0.3) is 0 Å². The molecule has 0 saturated carbocycles. The minimum Gasteiger partial charge on any atom is -0.493 e. The maximum Gasteiger partial charge on any atom is 0.236 e. The van der Waals surface area contributed by atoms with Crippen molar-refractivity contribution in [2.75, 3.05) is 65.6 Å². The van der Waals surface area contributed by atoms with Crippen molar-refractivity contribution in [2.45, 2.75) is 52.1 Å². The number of morpholine rings is 1. The van der Waals surface area contributed by atoms with Crippen molar-refractivity contribution >= 4 is 23.4 Å². The number of ether oxygens (including phenoxy) is 2. The van der Waals surface area contributed by atoms with Crippen LogP contribution in [0.5, 0.6) is 5.75 Å². The van der Waals surface area contributed by atoms with Gasteiger partial charge in [-0.25, -0.2) is 0 Å². The number of halogens is 1. The number of nitrogens with zero attached hydrogens (tertiary/aromatic N) is 3. The highest BCUT2D eigenvalue weighted by molar-refractivity contribution is 6.32. The molecule has 3 heterocycles. The number of rotatable bonds is 7. The van der Waals surface area contributed by atoms with E-state index in [9.17, 15) is 14.7 Å². The van der Waals surface area contributed by atoms with Gasteiger partial charge >= 0.3 is 0 Å². The summed E-state index contributed by atoms with van der Waals surface area (Å²) in [6.07, 6.45) is 2.89. The average Bonchev–Trinajstić information content (AvgIpc) is 2.87. The van der Waals surface area contributed by atoms with E-state index in [-0.39, 0.29) is 17.9 Å². The predicted molar refractivity (Wildman–Crippen MR) is 138 cm³/mol. The SMILES string of the molecule is Cc1cc(OC[C@]2(CC(=O)N3CCC(O)CC3)CCCN(C(=O)CN3CCOCC3)C2)cc(C)c1Cl. The first-order chi connectivity index (χ1) is 17.2. The summed E-state index contributed by atoms with van der Waals surface area (Å²) in [4.78, 5) is 32.6. The number of aliphatic hydroxyl groups is 1. The van der Waals surface area contributed by atoms with Gasteiger partial charge in [0.2, 0.25) is 11.8 Å². The molecule has 3 fully saturated rings. The smallest absolute Gasteiger partial charge is 0.236 e. The van der Waals surface area contributed by atoms with Crippen LogP contribution in [0.4, 0.5) is 0 Å². The molecule has 1 aromatic carbocycles. The molecule has 3 saturated heterocycles. The maximum absolute atomic E-state index is 13.4. The zero-order valence-corrected chi connectivity index (χ0v) is 22.4. The van der Waals surface area contributed by atoms with Crippen LogP contribution in [0.1, 0.15) is 43.2 Å². The average molecular weight is 522 g/mol. The number of hydrogen-bond donors (Lipinski definition) is 1. The first kappa shape index (κ1) is 27.2. The highest BCUT2D eigenvalue weighted by Gasteiger charge is 2.41. The second-order valence-corrected chi connectivity index (χ2v) is 11.1. The molecule has 3 aliphatic rings. The Hall–Kier alpha value is -1.87. The number of amides is 2. The molecule has 0 radical (unpaired) electrons. The Labute approximate surface area is 219 Å². The van der Waals surface area contributed by atoms with Crippen LogP contribution < -0.4 is 4.74 Å². The van der Waals surface area contributed by atoms with Gasteiger partial charge in [-0.05, 0) is 62.8 Å². The number of aliphatic hydroxyl groups excluding tert-OH is 1. The molecule has 2 amide bonds. The van der Waals surface area contributed by atoms with Gasteiger partial charge in [-0.1, -0.05) is 11.6 Å². The Kier molecular flexibility index (Phi) is 9.15. The third-order valence-corrected chi connectivity index (χ3v) is 8.37. The van der Waals surface area contributed by atoms with Crippen molar-refractivity contribution in [3.8, 4) is 5.75 Å². The molecular weight excluding hydrogens is 482 g/mol. The van der Waals surface area contributed by atoms with Crippen molar-refractivity contribution in [1.29, 1.82) is 0 Å². The van der Waals surface area contributed by atoms with Gasteiger partial charge in [-0.3, -0.25) is 14.5 Å². The molecule has 4 rings (SSSR count). The number of benzene rings is 1. The molecule has 1 atom stereocenters. The Morgan fingerprint density at radius 2 is 1.72 bits per heavy atom. The monoisotopic (exact) mass is 521 g/mol. The van der Waals surface area contributed by atoms with Crippen LogP contribution in [-0.4, -0.2) is 103 Å². The van der Waals surface area contributed by atoms with Gasteiger partial charge in [-0.15, -0.1) is 0 Å². The van der Waals surface area contributed by atoms with E-state index in [4.69, 9.17) is 21.1 Å².